The van der Waals surface area contributed by atoms with Gasteiger partial charge in [-0.25, -0.2) is 9.98 Å². The SMILES string of the molecule is CCNC(=NCc1cccnc1OCC)NCC(c1cccs1)N1CCOCC1. The topological polar surface area (TPSA) is 71.0 Å². The van der Waals surface area contributed by atoms with Gasteiger partial charge in [0.2, 0.25) is 5.88 Å². The molecule has 3 heterocycles. The fraction of sp³-hybridized carbons (Fsp3) is 0.524. The first-order valence-electron chi connectivity index (χ1n) is 10.3. The molecule has 1 saturated heterocycles. The summed E-state index contributed by atoms with van der Waals surface area (Å²) >= 11 is 1.80. The number of thiophene rings is 1. The van der Waals surface area contributed by atoms with Gasteiger partial charge in [-0.05, 0) is 31.4 Å². The molecule has 0 aromatic carbocycles. The largest absolute Gasteiger partial charge is 0.478 e. The number of morpholine rings is 1. The van der Waals surface area contributed by atoms with Gasteiger partial charge in [0.15, 0.2) is 5.96 Å². The van der Waals surface area contributed by atoms with E-state index in [0.717, 1.165) is 50.9 Å². The third kappa shape index (κ3) is 6.42. The molecule has 8 heteroatoms. The van der Waals surface area contributed by atoms with Gasteiger partial charge in [-0.3, -0.25) is 4.90 Å². The van der Waals surface area contributed by atoms with Gasteiger partial charge in [-0.1, -0.05) is 12.1 Å². The zero-order valence-electron chi connectivity index (χ0n) is 17.3. The summed E-state index contributed by atoms with van der Waals surface area (Å²) in [4.78, 5) is 12.9. The van der Waals surface area contributed by atoms with Crippen LogP contribution in [0.5, 0.6) is 5.88 Å². The fourth-order valence-electron chi connectivity index (χ4n) is 3.29. The van der Waals surface area contributed by atoms with E-state index in [9.17, 15) is 0 Å². The number of pyridine rings is 1. The quantitative estimate of drug-likeness (QED) is 0.483. The lowest BCUT2D eigenvalue weighted by Crippen LogP contribution is -2.46. The number of guanidine groups is 1. The Morgan fingerprint density at radius 3 is 2.86 bits per heavy atom. The number of rotatable bonds is 9. The van der Waals surface area contributed by atoms with Crippen molar-refractivity contribution in [3.8, 4) is 5.88 Å². The first kappa shape index (κ1) is 21.5. The highest BCUT2D eigenvalue weighted by Crippen LogP contribution is 2.25. The highest BCUT2D eigenvalue weighted by atomic mass is 32.1. The molecule has 7 nitrogen and oxygen atoms in total. The maximum absolute atomic E-state index is 5.62. The van der Waals surface area contributed by atoms with Crippen LogP contribution >= 0.6 is 11.3 Å². The zero-order chi connectivity index (χ0) is 20.3. The van der Waals surface area contributed by atoms with Crippen molar-refractivity contribution in [3.63, 3.8) is 0 Å². The minimum atomic E-state index is 0.306. The molecule has 0 spiro atoms. The second-order valence-electron chi connectivity index (χ2n) is 6.66. The van der Waals surface area contributed by atoms with Crippen LogP contribution in [0.1, 0.15) is 30.3 Å². The minimum absolute atomic E-state index is 0.306. The second kappa shape index (κ2) is 11.7. The molecule has 2 aromatic heterocycles. The van der Waals surface area contributed by atoms with Crippen LogP contribution in [-0.4, -0.2) is 61.8 Å². The Labute approximate surface area is 177 Å². The van der Waals surface area contributed by atoms with Crippen LogP contribution in [0.3, 0.4) is 0 Å². The van der Waals surface area contributed by atoms with Crippen molar-refractivity contribution in [2.24, 2.45) is 4.99 Å². The summed E-state index contributed by atoms with van der Waals surface area (Å²) in [7, 11) is 0. The molecular weight excluding hydrogens is 386 g/mol. The molecule has 1 unspecified atom stereocenters. The summed E-state index contributed by atoms with van der Waals surface area (Å²) in [6.07, 6.45) is 1.75. The normalized spacial score (nSPS) is 16.4. The Morgan fingerprint density at radius 1 is 1.28 bits per heavy atom. The average Bonchev–Trinajstić information content (AvgIpc) is 3.28. The summed E-state index contributed by atoms with van der Waals surface area (Å²) in [6.45, 7) is 10.2. The van der Waals surface area contributed by atoms with E-state index in [4.69, 9.17) is 14.5 Å². The molecule has 0 bridgehead atoms. The van der Waals surface area contributed by atoms with Crippen molar-refractivity contribution in [1.82, 2.24) is 20.5 Å². The number of aliphatic imine (C=N–C) groups is 1. The summed E-state index contributed by atoms with van der Waals surface area (Å²) in [5, 5.41) is 9.01. The van der Waals surface area contributed by atoms with Crippen molar-refractivity contribution in [3.05, 3.63) is 46.3 Å². The van der Waals surface area contributed by atoms with E-state index in [1.165, 1.54) is 4.88 Å². The van der Waals surface area contributed by atoms with Gasteiger partial charge in [0.05, 0.1) is 32.4 Å². The Morgan fingerprint density at radius 2 is 2.14 bits per heavy atom. The lowest BCUT2D eigenvalue weighted by Gasteiger charge is -2.34. The van der Waals surface area contributed by atoms with E-state index in [-0.39, 0.29) is 0 Å². The molecule has 29 heavy (non-hydrogen) atoms. The van der Waals surface area contributed by atoms with E-state index in [1.54, 1.807) is 17.5 Å². The molecule has 2 N–H and O–H groups in total. The molecule has 1 aliphatic rings. The molecule has 0 amide bonds. The molecule has 0 saturated carbocycles. The van der Waals surface area contributed by atoms with Crippen molar-refractivity contribution >= 4 is 17.3 Å². The molecule has 158 valence electrons. The number of aromatic nitrogens is 1. The smallest absolute Gasteiger partial charge is 0.218 e. The summed E-state index contributed by atoms with van der Waals surface area (Å²) in [5.74, 6) is 1.45. The van der Waals surface area contributed by atoms with Crippen molar-refractivity contribution < 1.29 is 9.47 Å². The van der Waals surface area contributed by atoms with Crippen LogP contribution in [0.2, 0.25) is 0 Å². The van der Waals surface area contributed by atoms with E-state index in [1.807, 2.05) is 19.1 Å². The van der Waals surface area contributed by atoms with Crippen LogP contribution < -0.4 is 15.4 Å². The van der Waals surface area contributed by atoms with Gasteiger partial charge in [0.1, 0.15) is 0 Å². The number of nitrogens with one attached hydrogen (secondary N) is 2. The predicted molar refractivity (Wildman–Crippen MR) is 118 cm³/mol. The standard InChI is InChI=1S/C21H31N5O2S/c1-3-22-21(24-15-17-7-5-9-23-20(17)28-4-2)25-16-18(19-8-6-14-29-19)26-10-12-27-13-11-26/h5-9,14,18H,3-4,10-13,15-16H2,1-2H3,(H2,22,24,25). The third-order valence-electron chi connectivity index (χ3n) is 4.70. The van der Waals surface area contributed by atoms with Crippen molar-refractivity contribution in [2.45, 2.75) is 26.4 Å². The van der Waals surface area contributed by atoms with Crippen molar-refractivity contribution in [1.29, 1.82) is 0 Å². The Kier molecular flexibility index (Phi) is 8.73. The molecule has 1 fully saturated rings. The number of hydrogen-bond donors (Lipinski definition) is 2. The molecule has 0 radical (unpaired) electrons. The summed E-state index contributed by atoms with van der Waals surface area (Å²) < 4.78 is 11.2. The van der Waals surface area contributed by atoms with E-state index >= 15 is 0 Å². The van der Waals surface area contributed by atoms with Crippen LogP contribution in [-0.2, 0) is 11.3 Å². The maximum Gasteiger partial charge on any atom is 0.218 e. The van der Waals surface area contributed by atoms with Crippen molar-refractivity contribution in [2.75, 3.05) is 46.0 Å². The van der Waals surface area contributed by atoms with E-state index < -0.39 is 0 Å². The van der Waals surface area contributed by atoms with Gasteiger partial charge >= 0.3 is 0 Å². The van der Waals surface area contributed by atoms with Gasteiger partial charge in [-0.2, -0.15) is 0 Å². The maximum atomic E-state index is 5.62. The number of nitrogens with zero attached hydrogens (tertiary/aromatic N) is 3. The Bertz CT molecular complexity index is 747. The average molecular weight is 418 g/mol. The summed E-state index contributed by atoms with van der Waals surface area (Å²) in [5.41, 5.74) is 0.981. The van der Waals surface area contributed by atoms with Crippen LogP contribution in [0, 0.1) is 0 Å². The summed E-state index contributed by atoms with van der Waals surface area (Å²) in [6, 6.07) is 8.55. The monoisotopic (exact) mass is 417 g/mol. The number of hydrogen-bond acceptors (Lipinski definition) is 6. The fourth-order valence-corrected chi connectivity index (χ4v) is 4.15. The zero-order valence-corrected chi connectivity index (χ0v) is 18.1. The predicted octanol–water partition coefficient (Wildman–Crippen LogP) is 2.67. The molecule has 2 aromatic rings. The van der Waals surface area contributed by atoms with Gasteiger partial charge in [0, 0.05) is 42.8 Å². The third-order valence-corrected chi connectivity index (χ3v) is 5.68. The number of ether oxygens (including phenoxy) is 2. The highest BCUT2D eigenvalue weighted by molar-refractivity contribution is 7.10. The van der Waals surface area contributed by atoms with Crippen LogP contribution in [0.15, 0.2) is 40.8 Å². The second-order valence-corrected chi connectivity index (χ2v) is 7.64. The highest BCUT2D eigenvalue weighted by Gasteiger charge is 2.23. The first-order valence-corrected chi connectivity index (χ1v) is 11.1. The molecular formula is C21H31N5O2S. The van der Waals surface area contributed by atoms with Gasteiger partial charge in [0.25, 0.3) is 0 Å². The van der Waals surface area contributed by atoms with Crippen LogP contribution in [0.4, 0.5) is 0 Å². The lowest BCUT2D eigenvalue weighted by molar-refractivity contribution is 0.0177. The Balaban J connectivity index is 1.67. The van der Waals surface area contributed by atoms with Crippen LogP contribution in [0.25, 0.3) is 0 Å². The molecule has 1 aliphatic heterocycles. The molecule has 3 rings (SSSR count). The lowest BCUT2D eigenvalue weighted by atomic mass is 10.2. The van der Waals surface area contributed by atoms with Gasteiger partial charge < -0.3 is 20.1 Å². The first-order chi connectivity index (χ1) is 14.3. The van der Waals surface area contributed by atoms with E-state index in [0.29, 0.717) is 25.1 Å². The Hall–Kier alpha value is -2.16. The minimum Gasteiger partial charge on any atom is -0.478 e. The molecule has 1 atom stereocenters. The molecule has 0 aliphatic carbocycles. The van der Waals surface area contributed by atoms with Gasteiger partial charge in [-0.15, -0.1) is 11.3 Å². The van der Waals surface area contributed by atoms with E-state index in [2.05, 4.69) is 45.0 Å².